The lowest BCUT2D eigenvalue weighted by molar-refractivity contribution is -0.141. The van der Waals surface area contributed by atoms with Crippen molar-refractivity contribution in [1.82, 2.24) is 0 Å². The smallest absolute Gasteiger partial charge is 0.432 e. The average Bonchev–Trinajstić information content (AvgIpc) is 2.99. The molecule has 15 nitrogen and oxygen atoms in total. The van der Waals surface area contributed by atoms with Crippen molar-refractivity contribution < 1.29 is 70.8 Å². The highest BCUT2D eigenvalue weighted by Crippen LogP contribution is 2.53. The van der Waals surface area contributed by atoms with Gasteiger partial charge in [0, 0.05) is 12.8 Å². The fraction of sp³-hybridized carbons (Fsp3) is 0.471. The molecule has 0 fully saturated rings. The number of Topliss-reactive ketones (excluding diaryl/α,β-unsaturated/α-hetero) is 1. The second kappa shape index (κ2) is 20.2. The lowest BCUT2D eigenvalue weighted by Gasteiger charge is -2.27. The van der Waals surface area contributed by atoms with Gasteiger partial charge in [-0.05, 0) is 84.7 Å². The van der Waals surface area contributed by atoms with Crippen molar-refractivity contribution in [3.05, 3.63) is 65.7 Å². The molecule has 2 aromatic rings. The summed E-state index contributed by atoms with van der Waals surface area (Å²) in [7, 11) is -4.61. The Morgan fingerprint density at radius 2 is 1.22 bits per heavy atom. The van der Waals surface area contributed by atoms with Crippen molar-refractivity contribution >= 4 is 43.6 Å². The van der Waals surface area contributed by atoms with Gasteiger partial charge >= 0.3 is 37.8 Å². The molecular formula is C34H43O15P. The first kappa shape index (κ1) is 41.6. The SMILES string of the molecule is CC(=O)Cc1ccc(OC(=O)C(CCC(=O)OC(=O)c2ccccc2)CP(=O)(OC(C)OC(=O)OC(C)C)OC(C)OC(=O)OC(C)C)cc1. The summed E-state index contributed by atoms with van der Waals surface area (Å²) in [4.78, 5) is 74.3. The van der Waals surface area contributed by atoms with E-state index in [1.165, 1.54) is 45.0 Å². The highest BCUT2D eigenvalue weighted by molar-refractivity contribution is 7.53. The Bertz CT molecular complexity index is 1470. The third-order valence-electron chi connectivity index (χ3n) is 6.09. The van der Waals surface area contributed by atoms with Crippen LogP contribution in [-0.2, 0) is 58.1 Å². The molecule has 50 heavy (non-hydrogen) atoms. The van der Waals surface area contributed by atoms with Crippen LogP contribution >= 0.6 is 7.60 Å². The molecule has 0 amide bonds. The maximum Gasteiger partial charge on any atom is 0.510 e. The van der Waals surface area contributed by atoms with E-state index in [9.17, 15) is 33.3 Å². The van der Waals surface area contributed by atoms with E-state index >= 15 is 0 Å². The van der Waals surface area contributed by atoms with Crippen LogP contribution in [0.2, 0.25) is 0 Å². The molecule has 16 heteroatoms. The zero-order valence-electron chi connectivity index (χ0n) is 29.0. The van der Waals surface area contributed by atoms with E-state index in [4.69, 9.17) is 37.5 Å². The third kappa shape index (κ3) is 16.2. The topological polar surface area (TPSA) is 193 Å². The van der Waals surface area contributed by atoms with Gasteiger partial charge in [-0.2, -0.15) is 0 Å². The summed E-state index contributed by atoms with van der Waals surface area (Å²) < 4.78 is 55.5. The summed E-state index contributed by atoms with van der Waals surface area (Å²) in [5, 5.41) is 0. The van der Waals surface area contributed by atoms with Crippen LogP contribution in [0.5, 0.6) is 5.75 Å². The molecule has 3 atom stereocenters. The largest absolute Gasteiger partial charge is 0.510 e. The molecule has 0 saturated carbocycles. The molecule has 0 N–H and O–H groups in total. The van der Waals surface area contributed by atoms with Crippen LogP contribution in [0.3, 0.4) is 0 Å². The molecule has 0 aromatic heterocycles. The minimum absolute atomic E-state index is 0.0621. The summed E-state index contributed by atoms with van der Waals surface area (Å²) in [6.45, 7) is 10.1. The molecular weight excluding hydrogens is 679 g/mol. The minimum atomic E-state index is -4.61. The lowest BCUT2D eigenvalue weighted by atomic mass is 10.1. The van der Waals surface area contributed by atoms with Crippen molar-refractivity contribution in [3.8, 4) is 5.75 Å². The summed E-state index contributed by atoms with van der Waals surface area (Å²) >= 11 is 0. The van der Waals surface area contributed by atoms with Crippen LogP contribution in [-0.4, -0.2) is 67.0 Å². The van der Waals surface area contributed by atoms with Crippen LogP contribution in [0, 0.1) is 5.92 Å². The minimum Gasteiger partial charge on any atom is -0.432 e. The van der Waals surface area contributed by atoms with Gasteiger partial charge in [0.05, 0.1) is 29.9 Å². The number of carbonyl (C=O) groups is 6. The number of esters is 3. The number of rotatable bonds is 18. The highest BCUT2D eigenvalue weighted by atomic mass is 31.2. The summed E-state index contributed by atoms with van der Waals surface area (Å²) in [6.07, 6.45) is -8.07. The van der Waals surface area contributed by atoms with Gasteiger partial charge < -0.3 is 28.4 Å². The summed E-state index contributed by atoms with van der Waals surface area (Å²) in [5.41, 5.74) is 0.784. The normalized spacial score (nSPS) is 14.0. The van der Waals surface area contributed by atoms with E-state index in [1.807, 2.05) is 0 Å². The van der Waals surface area contributed by atoms with Crippen molar-refractivity contribution in [2.45, 2.75) is 92.5 Å². The number of ether oxygens (including phenoxy) is 6. The van der Waals surface area contributed by atoms with Crippen molar-refractivity contribution in [2.75, 3.05) is 6.16 Å². The maximum atomic E-state index is 14.2. The molecule has 0 heterocycles. The number of hydrogen-bond acceptors (Lipinski definition) is 15. The zero-order chi connectivity index (χ0) is 37.4. The number of benzene rings is 2. The number of hydrogen-bond donors (Lipinski definition) is 0. The van der Waals surface area contributed by atoms with Gasteiger partial charge in [0.25, 0.3) is 0 Å². The molecule has 0 aliphatic carbocycles. The van der Waals surface area contributed by atoms with Crippen LogP contribution in [0.15, 0.2) is 54.6 Å². The van der Waals surface area contributed by atoms with Crippen LogP contribution in [0.4, 0.5) is 9.59 Å². The zero-order valence-corrected chi connectivity index (χ0v) is 29.9. The second-order valence-electron chi connectivity index (χ2n) is 11.5. The second-order valence-corrected chi connectivity index (χ2v) is 13.5. The molecule has 0 saturated heterocycles. The van der Waals surface area contributed by atoms with Crippen LogP contribution in [0.1, 0.15) is 77.2 Å². The average molecular weight is 723 g/mol. The van der Waals surface area contributed by atoms with Gasteiger partial charge in [-0.15, -0.1) is 0 Å². The molecule has 3 unspecified atom stereocenters. The predicted octanol–water partition coefficient (Wildman–Crippen LogP) is 6.55. The first-order chi connectivity index (χ1) is 23.4. The van der Waals surface area contributed by atoms with Crippen LogP contribution in [0.25, 0.3) is 0 Å². The number of carbonyl (C=O) groups excluding carboxylic acids is 6. The summed E-state index contributed by atoms with van der Waals surface area (Å²) in [6, 6.07) is 13.8. The van der Waals surface area contributed by atoms with Gasteiger partial charge in [0.1, 0.15) is 11.5 Å². The Hall–Kier alpha value is -4.59. The molecule has 0 bridgehead atoms. The molecule has 274 valence electrons. The Labute approximate surface area is 290 Å². The van der Waals surface area contributed by atoms with E-state index in [0.717, 1.165) is 0 Å². The van der Waals surface area contributed by atoms with E-state index in [2.05, 4.69) is 0 Å². The molecule has 2 aromatic carbocycles. The van der Waals surface area contributed by atoms with Gasteiger partial charge in [0.15, 0.2) is 0 Å². The van der Waals surface area contributed by atoms with Crippen molar-refractivity contribution in [1.29, 1.82) is 0 Å². The first-order valence-electron chi connectivity index (χ1n) is 15.7. The fourth-order valence-corrected chi connectivity index (χ4v) is 6.20. The van der Waals surface area contributed by atoms with Crippen molar-refractivity contribution in [2.24, 2.45) is 5.92 Å². The van der Waals surface area contributed by atoms with Crippen LogP contribution < -0.4 is 4.74 Å². The van der Waals surface area contributed by atoms with E-state index in [0.29, 0.717) is 5.56 Å². The standard InChI is InChI=1S/C34H43O15P/c1-21(2)42-33(39)44-24(6)48-50(41,49-25(7)45-34(40)43-22(3)4)20-28(15-18-30(36)47-31(37)27-11-9-8-10-12-27)32(38)46-29-16-13-26(14-17-29)19-23(5)35/h8-14,16-17,21-22,24-25,28H,15,18-20H2,1-7H3. The van der Waals surface area contributed by atoms with E-state index in [1.54, 1.807) is 58.0 Å². The predicted molar refractivity (Wildman–Crippen MR) is 175 cm³/mol. The number of ketones is 1. The lowest BCUT2D eigenvalue weighted by Crippen LogP contribution is -2.29. The summed E-state index contributed by atoms with van der Waals surface area (Å²) in [5.74, 6) is -4.35. The maximum absolute atomic E-state index is 14.2. The van der Waals surface area contributed by atoms with E-state index in [-0.39, 0.29) is 29.9 Å². The van der Waals surface area contributed by atoms with Crippen molar-refractivity contribution in [3.63, 3.8) is 0 Å². The Balaban J connectivity index is 2.35. The quantitative estimate of drug-likeness (QED) is 0.0401. The van der Waals surface area contributed by atoms with Gasteiger partial charge in [0.2, 0.25) is 12.6 Å². The molecule has 0 spiro atoms. The van der Waals surface area contributed by atoms with E-state index < -0.39 is 81.1 Å². The monoisotopic (exact) mass is 722 g/mol. The molecule has 0 aliphatic heterocycles. The van der Waals surface area contributed by atoms with Gasteiger partial charge in [-0.1, -0.05) is 30.3 Å². The molecule has 0 aliphatic rings. The molecule has 0 radical (unpaired) electrons. The Morgan fingerprint density at radius 1 is 0.700 bits per heavy atom. The van der Waals surface area contributed by atoms with Gasteiger partial charge in [-0.25, -0.2) is 14.4 Å². The first-order valence-corrected chi connectivity index (χ1v) is 17.5. The fourth-order valence-electron chi connectivity index (χ4n) is 4.11. The third-order valence-corrected chi connectivity index (χ3v) is 8.22. The molecule has 2 rings (SSSR count). The Kier molecular flexibility index (Phi) is 16.8. The van der Waals surface area contributed by atoms with Gasteiger partial charge in [-0.3, -0.25) is 28.0 Å². The Morgan fingerprint density at radius 3 is 1.70 bits per heavy atom. The highest BCUT2D eigenvalue weighted by Gasteiger charge is 2.39.